The summed E-state index contributed by atoms with van der Waals surface area (Å²) in [6.45, 7) is 3.24. The second-order valence-corrected chi connectivity index (χ2v) is 5.00. The minimum Gasteiger partial charge on any atom is -0.508 e. The summed E-state index contributed by atoms with van der Waals surface area (Å²) in [5.74, 6) is 0.358. The van der Waals surface area contributed by atoms with Crippen molar-refractivity contribution in [1.29, 1.82) is 0 Å². The first-order valence-electron chi connectivity index (χ1n) is 6.19. The fourth-order valence-electron chi connectivity index (χ4n) is 2.91. The molecule has 1 unspecified atom stereocenters. The average Bonchev–Trinajstić information content (AvgIpc) is 2.48. The zero-order valence-corrected chi connectivity index (χ0v) is 10.3. The van der Waals surface area contributed by atoms with E-state index in [0.29, 0.717) is 11.8 Å². The number of aromatic nitrogens is 1. The van der Waals surface area contributed by atoms with Crippen LogP contribution in [0.15, 0.2) is 18.2 Å². The molecule has 0 radical (unpaired) electrons. The first kappa shape index (κ1) is 10.7. The van der Waals surface area contributed by atoms with Crippen molar-refractivity contribution in [3.63, 3.8) is 0 Å². The summed E-state index contributed by atoms with van der Waals surface area (Å²) >= 11 is 0. The van der Waals surface area contributed by atoms with E-state index >= 15 is 0 Å². The molecule has 17 heavy (non-hydrogen) atoms. The Morgan fingerprint density at radius 2 is 2.24 bits per heavy atom. The summed E-state index contributed by atoms with van der Waals surface area (Å²) in [6, 6.07) is 6.19. The van der Waals surface area contributed by atoms with Crippen molar-refractivity contribution >= 4 is 10.9 Å². The fourth-order valence-corrected chi connectivity index (χ4v) is 2.91. The Labute approximate surface area is 101 Å². The monoisotopic (exact) mass is 230 g/mol. The SMILES string of the molecule is CC1Cc2c(c3cc(O)ccc3n2C)CCN1. The summed E-state index contributed by atoms with van der Waals surface area (Å²) in [5.41, 5.74) is 4.03. The lowest BCUT2D eigenvalue weighted by Gasteiger charge is -2.10. The molecule has 0 saturated heterocycles. The van der Waals surface area contributed by atoms with E-state index in [-0.39, 0.29) is 0 Å². The standard InChI is InChI=1S/C14H18N2O/c1-9-7-14-11(5-6-15-9)12-8-10(17)3-4-13(12)16(14)2/h3-4,8-9,15,17H,5-7H2,1-2H3. The number of nitrogens with zero attached hydrogens (tertiary/aromatic N) is 1. The van der Waals surface area contributed by atoms with Crippen molar-refractivity contribution in [1.82, 2.24) is 9.88 Å². The molecule has 1 aromatic carbocycles. The smallest absolute Gasteiger partial charge is 0.116 e. The summed E-state index contributed by atoms with van der Waals surface area (Å²) in [7, 11) is 2.12. The number of phenols is 1. The molecule has 0 fully saturated rings. The molecular formula is C14H18N2O. The Morgan fingerprint density at radius 1 is 1.41 bits per heavy atom. The van der Waals surface area contributed by atoms with Crippen molar-refractivity contribution in [3.8, 4) is 5.75 Å². The highest BCUT2D eigenvalue weighted by Crippen LogP contribution is 2.30. The van der Waals surface area contributed by atoms with Gasteiger partial charge < -0.3 is 15.0 Å². The summed E-state index contributed by atoms with van der Waals surface area (Å²) in [6.07, 6.45) is 2.10. The van der Waals surface area contributed by atoms with Crippen molar-refractivity contribution < 1.29 is 5.11 Å². The Morgan fingerprint density at radius 3 is 3.06 bits per heavy atom. The number of nitrogens with one attached hydrogen (secondary N) is 1. The van der Waals surface area contributed by atoms with Crippen molar-refractivity contribution in [2.45, 2.75) is 25.8 Å². The minimum atomic E-state index is 0.358. The van der Waals surface area contributed by atoms with Crippen LogP contribution in [0.1, 0.15) is 18.2 Å². The molecule has 1 atom stereocenters. The maximum Gasteiger partial charge on any atom is 0.116 e. The van der Waals surface area contributed by atoms with Crippen LogP contribution in [0.25, 0.3) is 10.9 Å². The molecular weight excluding hydrogens is 212 g/mol. The molecule has 3 rings (SSSR count). The van der Waals surface area contributed by atoms with Gasteiger partial charge in [-0.2, -0.15) is 0 Å². The molecule has 2 heterocycles. The van der Waals surface area contributed by atoms with Crippen LogP contribution in [0.4, 0.5) is 0 Å². The highest BCUT2D eigenvalue weighted by Gasteiger charge is 2.19. The van der Waals surface area contributed by atoms with Gasteiger partial charge in [-0.3, -0.25) is 0 Å². The predicted octanol–water partition coefficient (Wildman–Crippen LogP) is 1.96. The van der Waals surface area contributed by atoms with Gasteiger partial charge in [0.25, 0.3) is 0 Å². The zero-order chi connectivity index (χ0) is 12.0. The zero-order valence-electron chi connectivity index (χ0n) is 10.3. The molecule has 1 aliphatic heterocycles. The predicted molar refractivity (Wildman–Crippen MR) is 69.5 cm³/mol. The molecule has 2 aromatic rings. The van der Waals surface area contributed by atoms with E-state index in [0.717, 1.165) is 19.4 Å². The van der Waals surface area contributed by atoms with Crippen molar-refractivity contribution in [2.75, 3.05) is 6.54 Å². The molecule has 0 amide bonds. The van der Waals surface area contributed by atoms with Gasteiger partial charge in [-0.25, -0.2) is 0 Å². The van der Waals surface area contributed by atoms with E-state index in [4.69, 9.17) is 0 Å². The summed E-state index contributed by atoms with van der Waals surface area (Å²) < 4.78 is 2.27. The summed E-state index contributed by atoms with van der Waals surface area (Å²) in [4.78, 5) is 0. The van der Waals surface area contributed by atoms with Crippen LogP contribution in [0.5, 0.6) is 5.75 Å². The molecule has 0 saturated carbocycles. The number of benzene rings is 1. The molecule has 90 valence electrons. The number of fused-ring (bicyclic) bond motifs is 3. The maximum absolute atomic E-state index is 9.64. The molecule has 3 heteroatoms. The van der Waals surface area contributed by atoms with Gasteiger partial charge in [0.2, 0.25) is 0 Å². The van der Waals surface area contributed by atoms with E-state index in [2.05, 4.69) is 23.9 Å². The molecule has 0 aliphatic carbocycles. The van der Waals surface area contributed by atoms with Gasteiger partial charge in [0.05, 0.1) is 0 Å². The second-order valence-electron chi connectivity index (χ2n) is 5.00. The molecule has 1 aromatic heterocycles. The number of hydrogen-bond donors (Lipinski definition) is 2. The van der Waals surface area contributed by atoms with Gasteiger partial charge in [-0.05, 0) is 43.7 Å². The Hall–Kier alpha value is -1.48. The van der Waals surface area contributed by atoms with Crippen molar-refractivity contribution in [3.05, 3.63) is 29.5 Å². The van der Waals surface area contributed by atoms with E-state index in [1.165, 1.54) is 22.2 Å². The number of hydrogen-bond acceptors (Lipinski definition) is 2. The number of rotatable bonds is 0. The van der Waals surface area contributed by atoms with E-state index in [9.17, 15) is 5.11 Å². The van der Waals surface area contributed by atoms with Crippen molar-refractivity contribution in [2.24, 2.45) is 7.05 Å². The Bertz CT molecular complexity index is 571. The van der Waals surface area contributed by atoms with Gasteiger partial charge in [0.15, 0.2) is 0 Å². The number of aromatic hydroxyl groups is 1. The highest BCUT2D eigenvalue weighted by molar-refractivity contribution is 5.87. The number of phenolic OH excluding ortho intramolecular Hbond substituents is 1. The molecule has 3 nitrogen and oxygen atoms in total. The molecule has 1 aliphatic rings. The van der Waals surface area contributed by atoms with Gasteiger partial charge >= 0.3 is 0 Å². The van der Waals surface area contributed by atoms with E-state index in [1.807, 2.05) is 12.1 Å². The highest BCUT2D eigenvalue weighted by atomic mass is 16.3. The largest absolute Gasteiger partial charge is 0.508 e. The third kappa shape index (κ3) is 1.62. The Balaban J connectivity index is 2.28. The van der Waals surface area contributed by atoms with Crippen LogP contribution < -0.4 is 5.32 Å². The van der Waals surface area contributed by atoms with Crippen LogP contribution in [0, 0.1) is 0 Å². The second kappa shape index (κ2) is 3.77. The molecule has 0 spiro atoms. The van der Waals surface area contributed by atoms with Crippen LogP contribution >= 0.6 is 0 Å². The third-order valence-corrected chi connectivity index (χ3v) is 3.79. The van der Waals surface area contributed by atoms with Gasteiger partial charge in [0, 0.05) is 36.1 Å². The third-order valence-electron chi connectivity index (χ3n) is 3.79. The first-order valence-corrected chi connectivity index (χ1v) is 6.19. The molecule has 0 bridgehead atoms. The normalized spacial score (nSPS) is 20.2. The lowest BCUT2D eigenvalue weighted by molar-refractivity contribution is 0.476. The van der Waals surface area contributed by atoms with Crippen LogP contribution in [-0.2, 0) is 19.9 Å². The van der Waals surface area contributed by atoms with E-state index in [1.54, 1.807) is 6.07 Å². The lowest BCUT2D eigenvalue weighted by atomic mass is 10.1. The average molecular weight is 230 g/mol. The van der Waals surface area contributed by atoms with Gasteiger partial charge in [-0.15, -0.1) is 0 Å². The quantitative estimate of drug-likeness (QED) is 0.726. The minimum absolute atomic E-state index is 0.358. The van der Waals surface area contributed by atoms with Gasteiger partial charge in [0.1, 0.15) is 5.75 Å². The lowest BCUT2D eigenvalue weighted by Crippen LogP contribution is -2.27. The van der Waals surface area contributed by atoms with Crippen LogP contribution in [0.3, 0.4) is 0 Å². The fraction of sp³-hybridized carbons (Fsp3) is 0.429. The van der Waals surface area contributed by atoms with E-state index < -0.39 is 0 Å². The Kier molecular flexibility index (Phi) is 2.37. The first-order chi connectivity index (χ1) is 8.16. The van der Waals surface area contributed by atoms with Crippen LogP contribution in [0.2, 0.25) is 0 Å². The van der Waals surface area contributed by atoms with Crippen LogP contribution in [-0.4, -0.2) is 22.3 Å². The topological polar surface area (TPSA) is 37.2 Å². The van der Waals surface area contributed by atoms with Gasteiger partial charge in [-0.1, -0.05) is 0 Å². The summed E-state index contributed by atoms with van der Waals surface area (Å²) in [5, 5.41) is 14.4. The molecule has 2 N–H and O–H groups in total. The number of aryl methyl sites for hydroxylation is 1. The maximum atomic E-state index is 9.64.